The number of aromatic nitrogens is 4. The number of nitrogens with zero attached hydrogens (tertiary/aromatic N) is 5. The van der Waals surface area contributed by atoms with Crippen molar-refractivity contribution in [1.82, 2.24) is 24.6 Å². The number of hydrogen-bond donors (Lipinski definition) is 3. The topological polar surface area (TPSA) is 113 Å². The van der Waals surface area contributed by atoms with Gasteiger partial charge in [-0.2, -0.15) is 5.06 Å². The van der Waals surface area contributed by atoms with Crippen LogP contribution in [0.15, 0.2) is 12.7 Å². The molecule has 1 fully saturated rings. The molecule has 0 radical (unpaired) electrons. The van der Waals surface area contributed by atoms with Crippen LogP contribution in [0.2, 0.25) is 0 Å². The van der Waals surface area contributed by atoms with E-state index in [0.29, 0.717) is 29.9 Å². The number of hydrogen-bond acceptors (Lipinski definition) is 7. The van der Waals surface area contributed by atoms with E-state index in [1.54, 1.807) is 6.33 Å². The molecule has 0 aromatic carbocycles. The second-order valence-corrected chi connectivity index (χ2v) is 4.43. The highest BCUT2D eigenvalue weighted by Gasteiger charge is 2.32. The molecule has 0 aliphatic carbocycles. The summed E-state index contributed by atoms with van der Waals surface area (Å²) in [7, 11) is 0. The van der Waals surface area contributed by atoms with Gasteiger partial charge < -0.3 is 20.6 Å². The van der Waals surface area contributed by atoms with Gasteiger partial charge in [0.15, 0.2) is 11.5 Å². The zero-order valence-electron chi connectivity index (χ0n) is 9.64. The Morgan fingerprint density at radius 3 is 2.94 bits per heavy atom. The molecular formula is C10H14N6O2. The maximum Gasteiger partial charge on any atom is 0.165 e. The predicted molar refractivity (Wildman–Crippen MR) is 62.8 cm³/mol. The maximum absolute atomic E-state index is 9.67. The summed E-state index contributed by atoms with van der Waals surface area (Å²) in [5.74, 6) is 0.344. The molecule has 8 heteroatoms. The lowest BCUT2D eigenvalue weighted by atomic mass is 10.2. The van der Waals surface area contributed by atoms with Crippen molar-refractivity contribution in [2.75, 3.05) is 18.9 Å². The fourth-order valence-corrected chi connectivity index (χ4v) is 2.38. The summed E-state index contributed by atoms with van der Waals surface area (Å²) in [6.07, 6.45) is 3.68. The second kappa shape index (κ2) is 4.16. The molecule has 1 aliphatic rings. The minimum atomic E-state index is -0.244. The van der Waals surface area contributed by atoms with Gasteiger partial charge in [-0.1, -0.05) is 0 Å². The Kier molecular flexibility index (Phi) is 2.62. The van der Waals surface area contributed by atoms with Crippen LogP contribution >= 0.6 is 0 Å². The quantitative estimate of drug-likeness (QED) is 0.652. The van der Waals surface area contributed by atoms with E-state index < -0.39 is 0 Å². The van der Waals surface area contributed by atoms with E-state index >= 15 is 0 Å². The number of aliphatic hydroxyl groups excluding tert-OH is 1. The normalized spacial score (nSPS) is 25.0. The highest BCUT2D eigenvalue weighted by Crippen LogP contribution is 2.28. The highest BCUT2D eigenvalue weighted by molar-refractivity contribution is 5.81. The summed E-state index contributed by atoms with van der Waals surface area (Å²) >= 11 is 0. The Hall–Kier alpha value is -1.77. The standard InChI is InChI=1S/C10H14N6O2/c11-9-8-10(13-4-12-9)15(5-14-8)6-1-7(3-17)16(18)2-6/h4-7,17-18H,1-3H2,(H2,11,12,13)/t6-,7-/m1/s1. The SMILES string of the molecule is Nc1ncnc2c1ncn2[C@@H]1C[C@H](CO)N(O)C1. The number of aliphatic hydroxyl groups is 1. The van der Waals surface area contributed by atoms with E-state index in [9.17, 15) is 5.21 Å². The van der Waals surface area contributed by atoms with Crippen molar-refractivity contribution in [3.8, 4) is 0 Å². The van der Waals surface area contributed by atoms with Gasteiger partial charge in [-0.05, 0) is 6.42 Å². The van der Waals surface area contributed by atoms with Crippen molar-refractivity contribution in [1.29, 1.82) is 0 Å². The number of imidazole rings is 1. The van der Waals surface area contributed by atoms with Crippen LogP contribution in [0.1, 0.15) is 12.5 Å². The van der Waals surface area contributed by atoms with Crippen LogP contribution in [0.25, 0.3) is 11.2 Å². The summed E-state index contributed by atoms with van der Waals surface area (Å²) in [5.41, 5.74) is 6.94. The van der Waals surface area contributed by atoms with Crippen LogP contribution in [0.5, 0.6) is 0 Å². The molecule has 2 aromatic heterocycles. The number of nitrogen functional groups attached to an aromatic ring is 1. The molecule has 2 aromatic rings. The molecule has 0 bridgehead atoms. The summed E-state index contributed by atoms with van der Waals surface area (Å²) in [4.78, 5) is 12.2. The van der Waals surface area contributed by atoms with Crippen LogP contribution in [-0.2, 0) is 0 Å². The molecule has 8 nitrogen and oxygen atoms in total. The summed E-state index contributed by atoms with van der Waals surface area (Å²) < 4.78 is 1.87. The second-order valence-electron chi connectivity index (χ2n) is 4.43. The first-order valence-corrected chi connectivity index (χ1v) is 5.70. The van der Waals surface area contributed by atoms with E-state index in [1.165, 1.54) is 6.33 Å². The van der Waals surface area contributed by atoms with Crippen LogP contribution in [0, 0.1) is 0 Å². The number of anilines is 1. The maximum atomic E-state index is 9.67. The van der Waals surface area contributed by atoms with E-state index in [1.807, 2.05) is 4.57 Å². The molecule has 0 amide bonds. The number of rotatable bonds is 2. The first kappa shape index (κ1) is 11.3. The zero-order chi connectivity index (χ0) is 12.7. The van der Waals surface area contributed by atoms with Gasteiger partial charge in [-0.25, -0.2) is 15.0 Å². The predicted octanol–water partition coefficient (Wildman–Crippen LogP) is -0.595. The van der Waals surface area contributed by atoms with Crippen LogP contribution in [0.4, 0.5) is 5.82 Å². The Bertz CT molecular complexity index is 570. The van der Waals surface area contributed by atoms with Gasteiger partial charge in [0.1, 0.15) is 11.8 Å². The fraction of sp³-hybridized carbons (Fsp3) is 0.500. The molecule has 3 heterocycles. The lowest BCUT2D eigenvalue weighted by molar-refractivity contribution is -0.114. The van der Waals surface area contributed by atoms with Gasteiger partial charge >= 0.3 is 0 Å². The first-order chi connectivity index (χ1) is 8.70. The monoisotopic (exact) mass is 250 g/mol. The average molecular weight is 250 g/mol. The molecule has 1 saturated heterocycles. The van der Waals surface area contributed by atoms with Gasteiger partial charge in [0.2, 0.25) is 0 Å². The highest BCUT2D eigenvalue weighted by atomic mass is 16.5. The molecule has 1 aliphatic heterocycles. The van der Waals surface area contributed by atoms with Crippen LogP contribution < -0.4 is 5.73 Å². The lowest BCUT2D eigenvalue weighted by Gasteiger charge is -2.12. The first-order valence-electron chi connectivity index (χ1n) is 5.70. The largest absolute Gasteiger partial charge is 0.395 e. The van der Waals surface area contributed by atoms with Crippen molar-refractivity contribution in [2.24, 2.45) is 0 Å². The molecule has 2 atom stereocenters. The smallest absolute Gasteiger partial charge is 0.165 e. The van der Waals surface area contributed by atoms with Crippen molar-refractivity contribution < 1.29 is 10.3 Å². The molecule has 0 spiro atoms. The molecular weight excluding hydrogens is 236 g/mol. The van der Waals surface area contributed by atoms with E-state index in [2.05, 4.69) is 15.0 Å². The minimum Gasteiger partial charge on any atom is -0.395 e. The summed E-state index contributed by atoms with van der Waals surface area (Å²) in [6, 6.07) is -0.224. The van der Waals surface area contributed by atoms with Gasteiger partial charge in [0.25, 0.3) is 0 Å². The molecule has 0 unspecified atom stereocenters. The van der Waals surface area contributed by atoms with Gasteiger partial charge in [-0.15, -0.1) is 0 Å². The third-order valence-electron chi connectivity index (χ3n) is 3.35. The third kappa shape index (κ3) is 1.62. The zero-order valence-corrected chi connectivity index (χ0v) is 9.64. The Balaban J connectivity index is 1.99. The van der Waals surface area contributed by atoms with Crippen molar-refractivity contribution >= 4 is 17.0 Å². The number of hydroxylamine groups is 2. The average Bonchev–Trinajstić information content (AvgIpc) is 2.93. The third-order valence-corrected chi connectivity index (χ3v) is 3.35. The van der Waals surface area contributed by atoms with E-state index in [0.717, 1.165) is 5.06 Å². The van der Waals surface area contributed by atoms with Crippen molar-refractivity contribution in [2.45, 2.75) is 18.5 Å². The van der Waals surface area contributed by atoms with Gasteiger partial charge in [0.05, 0.1) is 25.0 Å². The Labute approximate surface area is 103 Å². The number of nitrogens with two attached hydrogens (primary N) is 1. The summed E-state index contributed by atoms with van der Waals surface area (Å²) in [5, 5.41) is 20.0. The van der Waals surface area contributed by atoms with Crippen molar-refractivity contribution in [3.63, 3.8) is 0 Å². The van der Waals surface area contributed by atoms with Crippen LogP contribution in [0.3, 0.4) is 0 Å². The summed E-state index contributed by atoms with van der Waals surface area (Å²) in [6.45, 7) is 0.358. The molecule has 3 rings (SSSR count). The Morgan fingerprint density at radius 1 is 1.39 bits per heavy atom. The molecule has 4 N–H and O–H groups in total. The minimum absolute atomic E-state index is 0.0199. The van der Waals surface area contributed by atoms with Gasteiger partial charge in [0, 0.05) is 6.54 Å². The van der Waals surface area contributed by atoms with Crippen LogP contribution in [-0.4, -0.2) is 54.1 Å². The van der Waals surface area contributed by atoms with E-state index in [4.69, 9.17) is 10.8 Å². The van der Waals surface area contributed by atoms with E-state index in [-0.39, 0.29) is 18.7 Å². The number of fused-ring (bicyclic) bond motifs is 1. The van der Waals surface area contributed by atoms with Gasteiger partial charge in [-0.3, -0.25) is 0 Å². The molecule has 18 heavy (non-hydrogen) atoms. The lowest BCUT2D eigenvalue weighted by Crippen LogP contribution is -2.28. The Morgan fingerprint density at radius 2 is 2.22 bits per heavy atom. The molecule has 96 valence electrons. The fourth-order valence-electron chi connectivity index (χ4n) is 2.38. The van der Waals surface area contributed by atoms with Crippen molar-refractivity contribution in [3.05, 3.63) is 12.7 Å². The molecule has 0 saturated carbocycles.